The summed E-state index contributed by atoms with van der Waals surface area (Å²) in [5.74, 6) is 1.10. The van der Waals surface area contributed by atoms with Crippen LogP contribution in [0.2, 0.25) is 0 Å². The van der Waals surface area contributed by atoms with Gasteiger partial charge in [-0.05, 0) is 45.9 Å². The van der Waals surface area contributed by atoms with Crippen molar-refractivity contribution in [1.82, 2.24) is 0 Å². The van der Waals surface area contributed by atoms with Gasteiger partial charge in [0.2, 0.25) is 0 Å². The first kappa shape index (κ1) is 13.0. The van der Waals surface area contributed by atoms with Gasteiger partial charge in [0.05, 0.1) is 11.6 Å². The number of benzene rings is 2. The van der Waals surface area contributed by atoms with E-state index in [9.17, 15) is 5.11 Å². The Labute approximate surface area is 115 Å². The van der Waals surface area contributed by atoms with E-state index in [0.717, 1.165) is 28.5 Å². The van der Waals surface area contributed by atoms with E-state index < -0.39 is 0 Å². The Morgan fingerprint density at radius 2 is 2.06 bits per heavy atom. The Balaban J connectivity index is 2.62. The molecule has 2 aromatic rings. The molecule has 2 nitrogen and oxygen atoms in total. The fourth-order valence-corrected chi connectivity index (χ4v) is 2.28. The van der Waals surface area contributed by atoms with Crippen molar-refractivity contribution in [2.75, 3.05) is 7.11 Å². The van der Waals surface area contributed by atoms with Crippen molar-refractivity contribution >= 4 is 32.5 Å². The summed E-state index contributed by atoms with van der Waals surface area (Å²) in [6, 6.07) is 9.75. The van der Waals surface area contributed by atoms with Crippen LogP contribution in [-0.2, 0) is 4.74 Å². The first-order valence-corrected chi connectivity index (χ1v) is 6.62. The van der Waals surface area contributed by atoms with Gasteiger partial charge in [0.1, 0.15) is 11.5 Å². The smallest absolute Gasteiger partial charge is 0.137 e. The van der Waals surface area contributed by atoms with Crippen LogP contribution in [0, 0.1) is 0 Å². The number of hydrogen-bond donors (Lipinski definition) is 1. The Bertz CT molecular complexity index is 603. The zero-order valence-corrected chi connectivity index (χ0v) is 12.0. The SMILES string of the molecule is CC/C=C(/OC)c1ccc2ccc(Br)c(O)c2c1. The van der Waals surface area contributed by atoms with Crippen LogP contribution in [0.15, 0.2) is 40.9 Å². The summed E-state index contributed by atoms with van der Waals surface area (Å²) in [6.45, 7) is 2.06. The lowest BCUT2D eigenvalue weighted by molar-refractivity contribution is 0.369. The summed E-state index contributed by atoms with van der Waals surface area (Å²) in [7, 11) is 1.66. The van der Waals surface area contributed by atoms with E-state index in [1.54, 1.807) is 7.11 Å². The Hall–Kier alpha value is -1.48. The van der Waals surface area contributed by atoms with Gasteiger partial charge in [-0.2, -0.15) is 0 Å². The molecule has 0 unspecified atom stereocenters. The van der Waals surface area contributed by atoms with Crippen molar-refractivity contribution in [2.45, 2.75) is 13.3 Å². The highest BCUT2D eigenvalue weighted by atomic mass is 79.9. The van der Waals surface area contributed by atoms with Gasteiger partial charge in [0.15, 0.2) is 0 Å². The highest BCUT2D eigenvalue weighted by Gasteiger charge is 2.07. The molecule has 0 spiro atoms. The maximum Gasteiger partial charge on any atom is 0.137 e. The molecule has 18 heavy (non-hydrogen) atoms. The summed E-state index contributed by atoms with van der Waals surface area (Å²) < 4.78 is 6.06. The van der Waals surface area contributed by atoms with E-state index in [1.807, 2.05) is 36.4 Å². The normalized spacial score (nSPS) is 11.8. The minimum Gasteiger partial charge on any atom is -0.506 e. The van der Waals surface area contributed by atoms with E-state index in [-0.39, 0.29) is 5.75 Å². The molecule has 1 N–H and O–H groups in total. The zero-order valence-electron chi connectivity index (χ0n) is 10.4. The average Bonchev–Trinajstić information content (AvgIpc) is 2.40. The lowest BCUT2D eigenvalue weighted by atomic mass is 10.0. The number of aromatic hydroxyl groups is 1. The summed E-state index contributed by atoms with van der Waals surface area (Å²) >= 11 is 3.33. The first-order valence-electron chi connectivity index (χ1n) is 5.83. The van der Waals surface area contributed by atoms with Gasteiger partial charge in [0, 0.05) is 10.9 Å². The van der Waals surface area contributed by atoms with E-state index in [4.69, 9.17) is 4.74 Å². The van der Waals surface area contributed by atoms with Gasteiger partial charge >= 0.3 is 0 Å². The molecule has 0 saturated heterocycles. The lowest BCUT2D eigenvalue weighted by Gasteiger charge is -2.09. The minimum absolute atomic E-state index is 0.265. The molecule has 0 atom stereocenters. The number of ether oxygens (including phenoxy) is 1. The van der Waals surface area contributed by atoms with E-state index in [1.165, 1.54) is 0 Å². The molecule has 0 saturated carbocycles. The topological polar surface area (TPSA) is 29.5 Å². The number of phenolic OH excluding ortho intramolecular Hbond substituents is 1. The van der Waals surface area contributed by atoms with Crippen LogP contribution in [0.25, 0.3) is 16.5 Å². The summed E-state index contributed by atoms with van der Waals surface area (Å²) in [6.07, 6.45) is 2.93. The quantitative estimate of drug-likeness (QED) is 0.832. The van der Waals surface area contributed by atoms with Crippen molar-refractivity contribution in [3.8, 4) is 5.75 Å². The average molecular weight is 307 g/mol. The number of hydrogen-bond acceptors (Lipinski definition) is 2. The van der Waals surface area contributed by atoms with Crippen LogP contribution in [0.1, 0.15) is 18.9 Å². The van der Waals surface area contributed by atoms with Crippen LogP contribution in [-0.4, -0.2) is 12.2 Å². The van der Waals surface area contributed by atoms with Crippen molar-refractivity contribution in [2.24, 2.45) is 0 Å². The fraction of sp³-hybridized carbons (Fsp3) is 0.200. The second-order valence-electron chi connectivity index (χ2n) is 4.01. The molecule has 2 rings (SSSR count). The van der Waals surface area contributed by atoms with E-state index >= 15 is 0 Å². The lowest BCUT2D eigenvalue weighted by Crippen LogP contribution is -1.88. The summed E-state index contributed by atoms with van der Waals surface area (Å²) in [4.78, 5) is 0. The number of rotatable bonds is 3. The molecule has 0 bridgehead atoms. The second-order valence-corrected chi connectivity index (χ2v) is 4.87. The third-order valence-corrected chi connectivity index (χ3v) is 3.48. The predicted octanol–water partition coefficient (Wildman–Crippen LogP) is 4.71. The molecule has 0 aliphatic heterocycles. The monoisotopic (exact) mass is 306 g/mol. The first-order chi connectivity index (χ1) is 8.67. The number of methoxy groups -OCH3 is 1. The molecule has 0 aromatic heterocycles. The number of allylic oxidation sites excluding steroid dienone is 1. The minimum atomic E-state index is 0.265. The second kappa shape index (κ2) is 5.44. The molecule has 94 valence electrons. The summed E-state index contributed by atoms with van der Waals surface area (Å²) in [5, 5.41) is 11.9. The van der Waals surface area contributed by atoms with Gasteiger partial charge in [-0.15, -0.1) is 0 Å². The van der Waals surface area contributed by atoms with Crippen LogP contribution >= 0.6 is 15.9 Å². The van der Waals surface area contributed by atoms with Crippen molar-refractivity contribution < 1.29 is 9.84 Å². The summed E-state index contributed by atoms with van der Waals surface area (Å²) in [5.41, 5.74) is 0.972. The standard InChI is InChI=1S/C15H15BrO2/c1-3-4-14(18-2)11-6-5-10-7-8-13(16)15(17)12(10)9-11/h4-9,17H,3H2,1-2H3/b14-4+. The third-order valence-electron chi connectivity index (χ3n) is 2.84. The van der Waals surface area contributed by atoms with Crippen LogP contribution in [0.3, 0.4) is 0 Å². The molecule has 0 radical (unpaired) electrons. The maximum absolute atomic E-state index is 10.1. The maximum atomic E-state index is 10.1. The van der Waals surface area contributed by atoms with E-state index in [2.05, 4.69) is 22.9 Å². The highest BCUT2D eigenvalue weighted by Crippen LogP contribution is 2.34. The molecule has 0 fully saturated rings. The predicted molar refractivity (Wildman–Crippen MR) is 78.6 cm³/mol. The molecule has 0 aliphatic carbocycles. The highest BCUT2D eigenvalue weighted by molar-refractivity contribution is 9.10. The van der Waals surface area contributed by atoms with Gasteiger partial charge in [-0.3, -0.25) is 0 Å². The molecular weight excluding hydrogens is 292 g/mol. The third kappa shape index (κ3) is 2.36. The van der Waals surface area contributed by atoms with Crippen LogP contribution in [0.4, 0.5) is 0 Å². The number of halogens is 1. The van der Waals surface area contributed by atoms with Gasteiger partial charge in [-0.25, -0.2) is 0 Å². The van der Waals surface area contributed by atoms with Gasteiger partial charge < -0.3 is 9.84 Å². The molecule has 0 heterocycles. The molecule has 2 aromatic carbocycles. The fourth-order valence-electron chi connectivity index (χ4n) is 1.93. The van der Waals surface area contributed by atoms with Gasteiger partial charge in [0.25, 0.3) is 0 Å². The molecular formula is C15H15BrO2. The van der Waals surface area contributed by atoms with Crippen LogP contribution < -0.4 is 0 Å². The largest absolute Gasteiger partial charge is 0.506 e. The Morgan fingerprint density at radius 1 is 1.33 bits per heavy atom. The van der Waals surface area contributed by atoms with E-state index in [0.29, 0.717) is 4.47 Å². The Kier molecular flexibility index (Phi) is 3.92. The zero-order chi connectivity index (χ0) is 13.1. The van der Waals surface area contributed by atoms with Crippen LogP contribution in [0.5, 0.6) is 5.75 Å². The molecule has 0 amide bonds. The van der Waals surface area contributed by atoms with Gasteiger partial charge in [-0.1, -0.05) is 25.1 Å². The molecule has 0 aliphatic rings. The van der Waals surface area contributed by atoms with Crippen molar-refractivity contribution in [3.05, 3.63) is 46.4 Å². The van der Waals surface area contributed by atoms with Crippen molar-refractivity contribution in [1.29, 1.82) is 0 Å². The van der Waals surface area contributed by atoms with Crippen molar-refractivity contribution in [3.63, 3.8) is 0 Å². The Morgan fingerprint density at radius 3 is 2.72 bits per heavy atom. The molecule has 3 heteroatoms. The number of phenols is 1. The number of fused-ring (bicyclic) bond motifs is 1.